The predicted octanol–water partition coefficient (Wildman–Crippen LogP) is 16.1. The molecular formula is C65H127NO9. The average molecular weight is 1070 g/mol. The lowest BCUT2D eigenvalue weighted by molar-refractivity contribution is -0.302. The summed E-state index contributed by atoms with van der Waals surface area (Å²) >= 11 is 0. The van der Waals surface area contributed by atoms with Crippen molar-refractivity contribution in [1.82, 2.24) is 5.32 Å². The third-order valence-corrected chi connectivity index (χ3v) is 16.2. The Balaban J connectivity index is 2.11. The Kier molecular flexibility index (Phi) is 52.6. The molecule has 1 fully saturated rings. The molecule has 0 bridgehead atoms. The summed E-state index contributed by atoms with van der Waals surface area (Å²) in [6.45, 7) is 3.66. The zero-order chi connectivity index (χ0) is 54.5. The van der Waals surface area contributed by atoms with Crippen LogP contribution in [0.4, 0.5) is 0 Å². The molecule has 0 aromatic rings. The van der Waals surface area contributed by atoms with E-state index >= 15 is 0 Å². The van der Waals surface area contributed by atoms with Gasteiger partial charge in [0.1, 0.15) is 30.5 Å². The molecule has 1 heterocycles. The zero-order valence-corrected chi connectivity index (χ0v) is 49.5. The molecule has 0 saturated carbocycles. The van der Waals surface area contributed by atoms with Gasteiger partial charge in [0.2, 0.25) is 5.91 Å². The van der Waals surface area contributed by atoms with E-state index in [0.29, 0.717) is 6.42 Å². The number of allylic oxidation sites excluding steroid dienone is 1. The van der Waals surface area contributed by atoms with E-state index in [4.69, 9.17) is 9.47 Å². The number of nitrogens with one attached hydrogen (secondary N) is 1. The Labute approximate surface area is 463 Å². The number of hydrogen-bond donors (Lipinski definition) is 7. The van der Waals surface area contributed by atoms with E-state index < -0.39 is 61.5 Å². The van der Waals surface area contributed by atoms with Crippen molar-refractivity contribution in [3.8, 4) is 0 Å². The SMILES string of the molecule is CCCCCCCCCCCCCCCC/C=C/C(O)C(COC1OC(CO)C(O)C(O)C1O)NC(=O)C(O)CCCCCCCCCCCCCCCCCCCCCCCCCCCCCCCCCCCC. The van der Waals surface area contributed by atoms with E-state index in [-0.39, 0.29) is 6.61 Å². The fraction of sp³-hybridized carbons (Fsp3) is 0.954. The molecule has 10 heteroatoms. The lowest BCUT2D eigenvalue weighted by Gasteiger charge is -2.40. The van der Waals surface area contributed by atoms with Crippen LogP contribution >= 0.6 is 0 Å². The van der Waals surface area contributed by atoms with Gasteiger partial charge in [-0.25, -0.2) is 0 Å². The molecule has 1 aliphatic rings. The second-order valence-electron chi connectivity index (χ2n) is 23.4. The number of carbonyl (C=O) groups is 1. The summed E-state index contributed by atoms with van der Waals surface area (Å²) in [6.07, 6.45) is 59.2. The van der Waals surface area contributed by atoms with Gasteiger partial charge in [-0.2, -0.15) is 0 Å². The molecule has 0 spiro atoms. The van der Waals surface area contributed by atoms with Gasteiger partial charge in [-0.05, 0) is 19.3 Å². The molecule has 0 radical (unpaired) electrons. The first-order valence-corrected chi connectivity index (χ1v) is 33.0. The quantitative estimate of drug-likeness (QED) is 0.0232. The highest BCUT2D eigenvalue weighted by atomic mass is 16.7. The largest absolute Gasteiger partial charge is 0.394 e. The molecule has 0 aliphatic carbocycles. The summed E-state index contributed by atoms with van der Waals surface area (Å²) in [5.41, 5.74) is 0. The summed E-state index contributed by atoms with van der Waals surface area (Å²) in [6, 6.07) is -0.977. The monoisotopic (exact) mass is 1070 g/mol. The van der Waals surface area contributed by atoms with Crippen molar-refractivity contribution in [3.63, 3.8) is 0 Å². The van der Waals surface area contributed by atoms with Gasteiger partial charge >= 0.3 is 0 Å². The Morgan fingerprint density at radius 2 is 0.760 bits per heavy atom. The summed E-state index contributed by atoms with van der Waals surface area (Å²) < 4.78 is 11.2. The number of hydrogen-bond acceptors (Lipinski definition) is 9. The Morgan fingerprint density at radius 1 is 0.453 bits per heavy atom. The predicted molar refractivity (Wildman–Crippen MR) is 315 cm³/mol. The lowest BCUT2D eigenvalue weighted by Crippen LogP contribution is -2.60. The number of ether oxygens (including phenoxy) is 2. The summed E-state index contributed by atoms with van der Waals surface area (Å²) in [4.78, 5) is 13.2. The minimum atomic E-state index is -1.61. The van der Waals surface area contributed by atoms with E-state index in [0.717, 1.165) is 44.9 Å². The lowest BCUT2D eigenvalue weighted by atomic mass is 9.99. The van der Waals surface area contributed by atoms with E-state index in [1.54, 1.807) is 6.08 Å². The van der Waals surface area contributed by atoms with Crippen molar-refractivity contribution < 1.29 is 44.9 Å². The zero-order valence-electron chi connectivity index (χ0n) is 49.5. The van der Waals surface area contributed by atoms with Gasteiger partial charge in [-0.3, -0.25) is 4.79 Å². The summed E-state index contributed by atoms with van der Waals surface area (Å²) in [7, 11) is 0. The Hall–Kier alpha value is -1.11. The number of unbranched alkanes of at least 4 members (excludes halogenated alkanes) is 47. The van der Waals surface area contributed by atoms with Gasteiger partial charge in [0.05, 0.1) is 25.4 Å². The van der Waals surface area contributed by atoms with E-state index in [9.17, 15) is 35.4 Å². The van der Waals surface area contributed by atoms with E-state index in [2.05, 4.69) is 19.2 Å². The van der Waals surface area contributed by atoms with Crippen LogP contribution in [0.25, 0.3) is 0 Å². The number of carbonyl (C=O) groups excluding carboxylic acids is 1. The van der Waals surface area contributed by atoms with Crippen LogP contribution in [0.15, 0.2) is 12.2 Å². The second-order valence-corrected chi connectivity index (χ2v) is 23.4. The van der Waals surface area contributed by atoms with Crippen LogP contribution in [0.3, 0.4) is 0 Å². The molecule has 75 heavy (non-hydrogen) atoms. The maximum absolute atomic E-state index is 13.2. The molecule has 446 valence electrons. The first kappa shape index (κ1) is 71.9. The highest BCUT2D eigenvalue weighted by Gasteiger charge is 2.44. The first-order valence-electron chi connectivity index (χ1n) is 33.0. The van der Waals surface area contributed by atoms with Gasteiger partial charge in [0.25, 0.3) is 0 Å². The maximum atomic E-state index is 13.2. The average Bonchev–Trinajstić information content (AvgIpc) is 3.41. The highest BCUT2D eigenvalue weighted by Crippen LogP contribution is 2.23. The van der Waals surface area contributed by atoms with Crippen molar-refractivity contribution in [3.05, 3.63) is 12.2 Å². The fourth-order valence-electron chi connectivity index (χ4n) is 10.9. The molecule has 1 saturated heterocycles. The van der Waals surface area contributed by atoms with Crippen LogP contribution in [-0.4, -0.2) is 98.7 Å². The minimum Gasteiger partial charge on any atom is -0.394 e. The molecule has 1 rings (SSSR count). The number of rotatable bonds is 58. The van der Waals surface area contributed by atoms with Crippen LogP contribution in [0.1, 0.15) is 335 Å². The van der Waals surface area contributed by atoms with Gasteiger partial charge in [-0.1, -0.05) is 328 Å². The van der Waals surface area contributed by atoms with Gasteiger partial charge < -0.3 is 45.4 Å². The maximum Gasteiger partial charge on any atom is 0.249 e. The third kappa shape index (κ3) is 43.4. The van der Waals surface area contributed by atoms with Crippen LogP contribution in [-0.2, 0) is 14.3 Å². The van der Waals surface area contributed by atoms with Gasteiger partial charge in [0.15, 0.2) is 6.29 Å². The van der Waals surface area contributed by atoms with Crippen LogP contribution in [0.5, 0.6) is 0 Å². The fourth-order valence-corrected chi connectivity index (χ4v) is 10.9. The summed E-state index contributed by atoms with van der Waals surface area (Å²) in [5.74, 6) is -0.608. The second kappa shape index (κ2) is 54.8. The molecule has 7 N–H and O–H groups in total. The highest BCUT2D eigenvalue weighted by molar-refractivity contribution is 5.80. The molecule has 0 aromatic carbocycles. The van der Waals surface area contributed by atoms with Crippen molar-refractivity contribution in [2.75, 3.05) is 13.2 Å². The molecule has 1 amide bonds. The van der Waals surface area contributed by atoms with Crippen molar-refractivity contribution in [1.29, 1.82) is 0 Å². The Bertz CT molecular complexity index is 1210. The number of aliphatic hydroxyl groups is 6. The number of amides is 1. The van der Waals surface area contributed by atoms with Crippen molar-refractivity contribution in [2.45, 2.75) is 384 Å². The van der Waals surface area contributed by atoms with Gasteiger partial charge in [-0.15, -0.1) is 0 Å². The van der Waals surface area contributed by atoms with Gasteiger partial charge in [0, 0.05) is 0 Å². The van der Waals surface area contributed by atoms with Crippen molar-refractivity contribution >= 4 is 5.91 Å². The Morgan fingerprint density at radius 3 is 1.08 bits per heavy atom. The van der Waals surface area contributed by atoms with Crippen LogP contribution in [0.2, 0.25) is 0 Å². The molecule has 0 aromatic heterocycles. The van der Waals surface area contributed by atoms with E-state index in [1.165, 1.54) is 270 Å². The molecular weight excluding hydrogens is 939 g/mol. The van der Waals surface area contributed by atoms with E-state index in [1.807, 2.05) is 6.08 Å². The molecule has 8 unspecified atom stereocenters. The first-order chi connectivity index (χ1) is 36.8. The van der Waals surface area contributed by atoms with Crippen LogP contribution < -0.4 is 5.32 Å². The topological polar surface area (TPSA) is 169 Å². The molecule has 10 nitrogen and oxygen atoms in total. The number of aliphatic hydroxyl groups excluding tert-OH is 6. The minimum absolute atomic E-state index is 0.300. The standard InChI is InChI=1S/C65H127NO9/c1-3-5-7-9-11-13-15-17-19-21-22-23-24-25-26-27-28-29-30-31-32-33-34-35-36-37-38-40-42-44-46-48-50-52-54-59(69)64(73)66-57(56-74-65-63(72)62(71)61(70)60(55-67)75-65)58(68)53-51-49-47-45-43-41-39-20-18-16-14-12-10-8-6-4-2/h51,53,57-63,65,67-72H,3-50,52,54-56H2,1-2H3,(H,66,73)/b53-51+. The molecule has 8 atom stereocenters. The third-order valence-electron chi connectivity index (χ3n) is 16.2. The van der Waals surface area contributed by atoms with Crippen LogP contribution in [0, 0.1) is 0 Å². The molecule has 1 aliphatic heterocycles. The smallest absolute Gasteiger partial charge is 0.249 e. The normalized spacial score (nSPS) is 19.3. The van der Waals surface area contributed by atoms with Crippen molar-refractivity contribution in [2.24, 2.45) is 0 Å². The summed E-state index contributed by atoms with van der Waals surface area (Å²) in [5, 5.41) is 65.2.